The second-order valence-electron chi connectivity index (χ2n) is 5.16. The molecule has 0 bridgehead atoms. The zero-order valence-electron chi connectivity index (χ0n) is 13.1. The number of nitrogens with one attached hydrogen (secondary N) is 1. The summed E-state index contributed by atoms with van der Waals surface area (Å²) < 4.78 is 10.7. The van der Waals surface area contributed by atoms with Gasteiger partial charge in [-0.2, -0.15) is 0 Å². The van der Waals surface area contributed by atoms with E-state index in [0.717, 1.165) is 22.4 Å². The third-order valence-corrected chi connectivity index (χ3v) is 3.42. The van der Waals surface area contributed by atoms with Gasteiger partial charge in [0.1, 0.15) is 11.5 Å². The molecule has 0 amide bonds. The summed E-state index contributed by atoms with van der Waals surface area (Å²) in [6, 6.07) is 13.2. The maximum atomic E-state index is 11.0. The number of aromatic carboxylic acids is 1. The van der Waals surface area contributed by atoms with Gasteiger partial charge in [0.2, 0.25) is 5.69 Å². The number of hydrogen-bond acceptors (Lipinski definition) is 5. The average molecular weight is 325 g/mol. The number of benzene rings is 2. The van der Waals surface area contributed by atoms with Crippen LogP contribution in [0.25, 0.3) is 11.1 Å². The van der Waals surface area contributed by atoms with Crippen LogP contribution in [0, 0.1) is 6.92 Å². The molecule has 0 saturated carbocycles. The number of rotatable bonds is 5. The van der Waals surface area contributed by atoms with Crippen LogP contribution < -0.4 is 9.47 Å². The monoisotopic (exact) mass is 325 g/mol. The fourth-order valence-electron chi connectivity index (χ4n) is 2.29. The highest BCUT2D eigenvalue weighted by atomic mass is 16.5. The van der Waals surface area contributed by atoms with Gasteiger partial charge < -0.3 is 14.6 Å². The van der Waals surface area contributed by atoms with Crippen molar-refractivity contribution in [2.24, 2.45) is 0 Å². The van der Waals surface area contributed by atoms with Crippen molar-refractivity contribution >= 4 is 5.97 Å². The molecule has 122 valence electrons. The minimum absolute atomic E-state index is 0.0764. The Bertz CT molecular complexity index is 872. The van der Waals surface area contributed by atoms with E-state index in [2.05, 4.69) is 21.5 Å². The number of aromatic amines is 1. The van der Waals surface area contributed by atoms with Gasteiger partial charge in [0, 0.05) is 0 Å². The van der Waals surface area contributed by atoms with Gasteiger partial charge in [0.25, 0.3) is 5.88 Å². The zero-order valence-corrected chi connectivity index (χ0v) is 13.1. The summed E-state index contributed by atoms with van der Waals surface area (Å²) >= 11 is 0. The van der Waals surface area contributed by atoms with Crippen LogP contribution in [0.5, 0.6) is 17.4 Å². The molecule has 3 aromatic rings. The highest BCUT2D eigenvalue weighted by Crippen LogP contribution is 2.29. The van der Waals surface area contributed by atoms with Gasteiger partial charge >= 0.3 is 5.97 Å². The molecule has 7 heteroatoms. The first kappa shape index (κ1) is 15.5. The van der Waals surface area contributed by atoms with Crippen molar-refractivity contribution in [1.29, 1.82) is 0 Å². The van der Waals surface area contributed by atoms with Crippen LogP contribution in [-0.2, 0) is 0 Å². The summed E-state index contributed by atoms with van der Waals surface area (Å²) in [5.41, 5.74) is 2.91. The quantitative estimate of drug-likeness (QED) is 0.747. The van der Waals surface area contributed by atoms with Gasteiger partial charge in [0.05, 0.1) is 7.11 Å². The number of carbonyl (C=O) groups is 1. The Kier molecular flexibility index (Phi) is 4.15. The Labute approximate surface area is 137 Å². The van der Waals surface area contributed by atoms with E-state index < -0.39 is 5.97 Å². The second kappa shape index (κ2) is 6.41. The lowest BCUT2D eigenvalue weighted by Gasteiger charge is -2.08. The molecular weight excluding hydrogens is 310 g/mol. The molecule has 0 radical (unpaired) electrons. The number of aromatic nitrogens is 3. The summed E-state index contributed by atoms with van der Waals surface area (Å²) in [5.74, 6) is -0.000238. The van der Waals surface area contributed by atoms with Crippen LogP contribution >= 0.6 is 0 Å². The molecule has 3 rings (SSSR count). The molecule has 24 heavy (non-hydrogen) atoms. The number of hydrogen-bond donors (Lipinski definition) is 2. The molecule has 0 aliphatic rings. The number of carboxylic acid groups (broad SMARTS) is 1. The molecule has 0 fully saturated rings. The van der Waals surface area contributed by atoms with Gasteiger partial charge in [-0.3, -0.25) is 0 Å². The first-order valence-corrected chi connectivity index (χ1v) is 7.15. The molecule has 0 aliphatic heterocycles. The number of H-pyrrole nitrogens is 1. The van der Waals surface area contributed by atoms with Crippen molar-refractivity contribution in [2.75, 3.05) is 7.11 Å². The zero-order chi connectivity index (χ0) is 17.1. The molecule has 0 aliphatic carbocycles. The molecule has 1 heterocycles. The van der Waals surface area contributed by atoms with Crippen LogP contribution in [0.3, 0.4) is 0 Å². The standard InChI is InChI=1S/C17H15N3O4/c1-10-7-12(9-14(8-10)23-2)11-3-5-13(6-4-11)24-16-15(17(21)22)18-20-19-16/h3-9H,1-2H3,(H,21,22)(H,18,19,20). The SMILES string of the molecule is COc1cc(C)cc(-c2ccc(Oc3nn[nH]c3C(=O)O)cc2)c1. The van der Waals surface area contributed by atoms with Gasteiger partial charge in [-0.25, -0.2) is 9.89 Å². The smallest absolute Gasteiger partial charge is 0.359 e. The van der Waals surface area contributed by atoms with Crippen molar-refractivity contribution in [2.45, 2.75) is 6.92 Å². The third kappa shape index (κ3) is 3.19. The van der Waals surface area contributed by atoms with E-state index in [9.17, 15) is 4.79 Å². The summed E-state index contributed by atoms with van der Waals surface area (Å²) in [7, 11) is 1.63. The van der Waals surface area contributed by atoms with Crippen molar-refractivity contribution in [3.63, 3.8) is 0 Å². The lowest BCUT2D eigenvalue weighted by atomic mass is 10.0. The largest absolute Gasteiger partial charge is 0.497 e. The fraction of sp³-hybridized carbons (Fsp3) is 0.118. The summed E-state index contributed by atoms with van der Waals surface area (Å²) in [6.45, 7) is 2.00. The van der Waals surface area contributed by atoms with Crippen molar-refractivity contribution in [3.8, 4) is 28.5 Å². The Morgan fingerprint density at radius 2 is 1.83 bits per heavy atom. The number of methoxy groups -OCH3 is 1. The highest BCUT2D eigenvalue weighted by Gasteiger charge is 2.16. The second-order valence-corrected chi connectivity index (χ2v) is 5.16. The topological polar surface area (TPSA) is 97.3 Å². The summed E-state index contributed by atoms with van der Waals surface area (Å²) in [4.78, 5) is 11.0. The number of carboxylic acids is 1. The Hall–Kier alpha value is -3.35. The van der Waals surface area contributed by atoms with E-state index in [4.69, 9.17) is 14.6 Å². The number of nitrogens with zero attached hydrogens (tertiary/aromatic N) is 2. The Balaban J connectivity index is 1.84. The predicted molar refractivity (Wildman–Crippen MR) is 86.6 cm³/mol. The van der Waals surface area contributed by atoms with Gasteiger partial charge in [0.15, 0.2) is 0 Å². The summed E-state index contributed by atoms with van der Waals surface area (Å²) in [6.07, 6.45) is 0. The molecule has 0 unspecified atom stereocenters. The van der Waals surface area contributed by atoms with E-state index in [1.807, 2.05) is 31.2 Å². The van der Waals surface area contributed by atoms with Crippen LogP contribution in [-0.4, -0.2) is 33.6 Å². The maximum absolute atomic E-state index is 11.0. The first-order valence-electron chi connectivity index (χ1n) is 7.15. The van der Waals surface area contributed by atoms with Crippen LogP contribution in [0.2, 0.25) is 0 Å². The minimum Gasteiger partial charge on any atom is -0.497 e. The van der Waals surface area contributed by atoms with E-state index in [1.54, 1.807) is 19.2 Å². The normalized spacial score (nSPS) is 10.4. The fourth-order valence-corrected chi connectivity index (χ4v) is 2.29. The molecule has 1 aromatic heterocycles. The van der Waals surface area contributed by atoms with Crippen molar-refractivity contribution in [1.82, 2.24) is 15.4 Å². The molecule has 0 saturated heterocycles. The van der Waals surface area contributed by atoms with E-state index >= 15 is 0 Å². The van der Waals surface area contributed by atoms with Crippen LogP contribution in [0.15, 0.2) is 42.5 Å². The molecule has 0 atom stereocenters. The lowest BCUT2D eigenvalue weighted by molar-refractivity contribution is 0.0687. The Morgan fingerprint density at radius 1 is 1.08 bits per heavy atom. The molecule has 0 spiro atoms. The van der Waals surface area contributed by atoms with Gasteiger partial charge in [-0.1, -0.05) is 28.5 Å². The number of aryl methyl sites for hydroxylation is 1. The third-order valence-electron chi connectivity index (χ3n) is 3.42. The Morgan fingerprint density at radius 3 is 2.50 bits per heavy atom. The maximum Gasteiger partial charge on any atom is 0.359 e. The first-order chi connectivity index (χ1) is 11.6. The van der Waals surface area contributed by atoms with E-state index in [-0.39, 0.29) is 11.6 Å². The van der Waals surface area contributed by atoms with E-state index in [1.165, 1.54) is 0 Å². The number of ether oxygens (including phenoxy) is 2. The summed E-state index contributed by atoms with van der Waals surface area (Å²) in [5, 5.41) is 18.3. The predicted octanol–water partition coefficient (Wildman–Crippen LogP) is 3.28. The molecule has 2 N–H and O–H groups in total. The molecule has 7 nitrogen and oxygen atoms in total. The van der Waals surface area contributed by atoms with Crippen LogP contribution in [0.4, 0.5) is 0 Å². The highest BCUT2D eigenvalue weighted by molar-refractivity contribution is 5.87. The van der Waals surface area contributed by atoms with Crippen molar-refractivity contribution < 1.29 is 19.4 Å². The van der Waals surface area contributed by atoms with E-state index in [0.29, 0.717) is 5.75 Å². The van der Waals surface area contributed by atoms with Crippen LogP contribution in [0.1, 0.15) is 16.1 Å². The molecular formula is C17H15N3O4. The lowest BCUT2D eigenvalue weighted by Crippen LogP contribution is -1.99. The molecule has 2 aromatic carbocycles. The van der Waals surface area contributed by atoms with Gasteiger partial charge in [-0.05, 0) is 47.9 Å². The minimum atomic E-state index is -1.18. The average Bonchev–Trinajstić information content (AvgIpc) is 3.03. The van der Waals surface area contributed by atoms with Crippen molar-refractivity contribution in [3.05, 3.63) is 53.7 Å². The van der Waals surface area contributed by atoms with Gasteiger partial charge in [-0.15, -0.1) is 0 Å².